The number of ether oxygens (including phenoxy) is 2. The lowest BCUT2D eigenvalue weighted by Crippen LogP contribution is -2.39. The van der Waals surface area contributed by atoms with Crippen molar-refractivity contribution in [2.24, 2.45) is 16.9 Å². The largest absolute Gasteiger partial charge is 0.497 e. The summed E-state index contributed by atoms with van der Waals surface area (Å²) in [6.45, 7) is 7.63. The molecule has 0 aliphatic heterocycles. The van der Waals surface area contributed by atoms with Crippen LogP contribution in [0.25, 0.3) is 0 Å². The van der Waals surface area contributed by atoms with Crippen LogP contribution in [0.5, 0.6) is 11.5 Å². The van der Waals surface area contributed by atoms with Crippen molar-refractivity contribution in [3.05, 3.63) is 65.2 Å². The Morgan fingerprint density at radius 2 is 1.87 bits per heavy atom. The number of carbonyl (C=O) groups excluding carboxylic acids is 2. The molecule has 0 heterocycles. The second-order valence-electron chi connectivity index (χ2n) is 6.96. The van der Waals surface area contributed by atoms with Gasteiger partial charge in [0.25, 0.3) is 5.91 Å². The zero-order valence-corrected chi connectivity index (χ0v) is 19.3. The number of anilines is 1. The molecular formula is C23H26BrN3O4. The van der Waals surface area contributed by atoms with Gasteiger partial charge in [-0.1, -0.05) is 26.5 Å². The monoisotopic (exact) mass is 487 g/mol. The molecule has 1 atom stereocenters. The number of hydrogen-bond acceptors (Lipinski definition) is 5. The predicted molar refractivity (Wildman–Crippen MR) is 126 cm³/mol. The molecule has 7 nitrogen and oxygen atoms in total. The van der Waals surface area contributed by atoms with Crippen molar-refractivity contribution in [1.29, 1.82) is 0 Å². The Hall–Kier alpha value is -3.13. The molecule has 0 spiro atoms. The predicted octanol–water partition coefficient (Wildman–Crippen LogP) is 4.38. The molecule has 2 aromatic carbocycles. The summed E-state index contributed by atoms with van der Waals surface area (Å²) < 4.78 is 11.4. The van der Waals surface area contributed by atoms with Crippen molar-refractivity contribution in [1.82, 2.24) is 5.43 Å². The molecule has 2 N–H and O–H groups in total. The van der Waals surface area contributed by atoms with Gasteiger partial charge >= 0.3 is 0 Å². The number of methoxy groups -OCH3 is 1. The maximum Gasteiger partial charge on any atom is 0.252 e. The van der Waals surface area contributed by atoms with E-state index in [1.54, 1.807) is 63.4 Å². The van der Waals surface area contributed by atoms with Crippen molar-refractivity contribution in [3.8, 4) is 11.5 Å². The first-order chi connectivity index (χ1) is 14.8. The molecule has 0 saturated heterocycles. The molecule has 0 aromatic heterocycles. The Kier molecular flexibility index (Phi) is 9.27. The summed E-state index contributed by atoms with van der Waals surface area (Å²) in [6.07, 6.45) is 3.16. The van der Waals surface area contributed by atoms with E-state index in [1.165, 1.54) is 6.21 Å². The highest BCUT2D eigenvalue weighted by molar-refractivity contribution is 9.10. The molecule has 2 aromatic rings. The topological polar surface area (TPSA) is 89.0 Å². The Bertz CT molecular complexity index is 942. The van der Waals surface area contributed by atoms with Gasteiger partial charge in [0, 0.05) is 5.69 Å². The van der Waals surface area contributed by atoms with Crippen molar-refractivity contribution < 1.29 is 19.1 Å². The maximum atomic E-state index is 12.7. The average molecular weight is 488 g/mol. The number of hydrogen-bond donors (Lipinski definition) is 2. The molecule has 0 fully saturated rings. The number of halogens is 1. The maximum absolute atomic E-state index is 12.7. The smallest absolute Gasteiger partial charge is 0.252 e. The van der Waals surface area contributed by atoms with Crippen molar-refractivity contribution in [2.75, 3.05) is 19.0 Å². The van der Waals surface area contributed by atoms with Gasteiger partial charge in [0.05, 0.1) is 17.8 Å². The molecular weight excluding hydrogens is 462 g/mol. The minimum Gasteiger partial charge on any atom is -0.497 e. The average Bonchev–Trinajstić information content (AvgIpc) is 2.73. The van der Waals surface area contributed by atoms with Crippen LogP contribution in [-0.4, -0.2) is 31.7 Å². The fourth-order valence-electron chi connectivity index (χ4n) is 2.72. The molecule has 2 rings (SSSR count). The number of amides is 2. The molecule has 1 unspecified atom stereocenters. The number of rotatable bonds is 10. The molecule has 0 aliphatic rings. The van der Waals surface area contributed by atoms with Crippen molar-refractivity contribution >= 4 is 39.6 Å². The first-order valence-corrected chi connectivity index (χ1v) is 10.5. The molecule has 8 heteroatoms. The SMILES string of the molecule is C=CCOc1ccc(C=NNC(=O)C(C(=O)Nc2ccc(OC)cc2)C(C)C)cc1Br. The van der Waals surface area contributed by atoms with E-state index < -0.39 is 17.7 Å². The Morgan fingerprint density at radius 1 is 1.16 bits per heavy atom. The van der Waals surface area contributed by atoms with Crippen LogP contribution < -0.4 is 20.2 Å². The molecule has 0 saturated carbocycles. The third-order valence-corrected chi connectivity index (χ3v) is 4.91. The van der Waals surface area contributed by atoms with Gasteiger partial charge < -0.3 is 14.8 Å². The number of carbonyl (C=O) groups is 2. The fourth-order valence-corrected chi connectivity index (χ4v) is 3.23. The van der Waals surface area contributed by atoms with Crippen LogP contribution in [0.1, 0.15) is 19.4 Å². The first kappa shape index (κ1) is 24.1. The van der Waals surface area contributed by atoms with E-state index in [0.29, 0.717) is 23.8 Å². The van der Waals surface area contributed by atoms with Crippen LogP contribution in [0.4, 0.5) is 5.69 Å². The Labute approximate surface area is 190 Å². The van der Waals surface area contributed by atoms with Crippen LogP contribution in [0.2, 0.25) is 0 Å². The van der Waals surface area contributed by atoms with Crippen LogP contribution in [0, 0.1) is 11.8 Å². The number of nitrogens with one attached hydrogen (secondary N) is 2. The zero-order chi connectivity index (χ0) is 22.8. The van der Waals surface area contributed by atoms with E-state index in [1.807, 2.05) is 6.07 Å². The summed E-state index contributed by atoms with van der Waals surface area (Å²) in [7, 11) is 1.57. The van der Waals surface area contributed by atoms with Gasteiger partial charge in [-0.05, 0) is 69.9 Å². The van der Waals surface area contributed by atoms with E-state index in [-0.39, 0.29) is 5.92 Å². The highest BCUT2D eigenvalue weighted by atomic mass is 79.9. The highest BCUT2D eigenvalue weighted by Gasteiger charge is 2.29. The van der Waals surface area contributed by atoms with E-state index in [9.17, 15) is 9.59 Å². The lowest BCUT2D eigenvalue weighted by molar-refractivity contribution is -0.134. The van der Waals surface area contributed by atoms with Crippen LogP contribution in [0.15, 0.2) is 64.7 Å². The number of benzene rings is 2. The molecule has 0 aliphatic carbocycles. The van der Waals surface area contributed by atoms with Gasteiger partial charge in [-0.2, -0.15) is 5.10 Å². The minimum atomic E-state index is -0.902. The normalized spacial score (nSPS) is 11.8. The zero-order valence-electron chi connectivity index (χ0n) is 17.7. The van der Waals surface area contributed by atoms with Crippen molar-refractivity contribution in [3.63, 3.8) is 0 Å². The van der Waals surface area contributed by atoms with E-state index in [2.05, 4.69) is 38.4 Å². The van der Waals surface area contributed by atoms with Gasteiger partial charge in [0.15, 0.2) is 0 Å². The summed E-state index contributed by atoms with van der Waals surface area (Å²) >= 11 is 3.43. The standard InChI is InChI=1S/C23H26BrN3O4/c1-5-12-31-20-11-6-16(13-19(20)24)14-25-27-23(29)21(15(2)3)22(28)26-17-7-9-18(30-4)10-8-17/h5-11,13-15,21H,1,12H2,2-4H3,(H,26,28)(H,27,29). The third kappa shape index (κ3) is 7.25. The third-order valence-electron chi connectivity index (χ3n) is 4.29. The Morgan fingerprint density at radius 3 is 2.45 bits per heavy atom. The second kappa shape index (κ2) is 11.9. The van der Waals surface area contributed by atoms with E-state index in [0.717, 1.165) is 10.0 Å². The summed E-state index contributed by atoms with van der Waals surface area (Å²) in [5, 5.41) is 6.75. The number of hydrazone groups is 1. The first-order valence-electron chi connectivity index (χ1n) is 9.66. The van der Waals surface area contributed by atoms with Gasteiger partial charge in [-0.25, -0.2) is 5.43 Å². The molecule has 0 bridgehead atoms. The summed E-state index contributed by atoms with van der Waals surface area (Å²) in [6, 6.07) is 12.3. The van der Waals surface area contributed by atoms with Gasteiger partial charge in [0.2, 0.25) is 5.91 Å². The van der Waals surface area contributed by atoms with Gasteiger partial charge in [-0.3, -0.25) is 9.59 Å². The highest BCUT2D eigenvalue weighted by Crippen LogP contribution is 2.25. The molecule has 164 valence electrons. The second-order valence-corrected chi connectivity index (χ2v) is 7.82. The summed E-state index contributed by atoms with van der Waals surface area (Å²) in [4.78, 5) is 25.3. The fraction of sp³-hybridized carbons (Fsp3) is 0.261. The molecule has 31 heavy (non-hydrogen) atoms. The Balaban J connectivity index is 2.00. The summed E-state index contributed by atoms with van der Waals surface area (Å²) in [5.74, 6) is -0.653. The summed E-state index contributed by atoms with van der Waals surface area (Å²) in [5.41, 5.74) is 3.79. The van der Waals surface area contributed by atoms with E-state index >= 15 is 0 Å². The molecule has 2 amide bonds. The lowest BCUT2D eigenvalue weighted by Gasteiger charge is -2.18. The quantitative estimate of drug-likeness (QED) is 0.225. The van der Waals surface area contributed by atoms with E-state index in [4.69, 9.17) is 9.47 Å². The van der Waals surface area contributed by atoms with Crippen molar-refractivity contribution in [2.45, 2.75) is 13.8 Å². The van der Waals surface area contributed by atoms with Gasteiger partial charge in [0.1, 0.15) is 24.0 Å². The van der Waals surface area contributed by atoms with Crippen LogP contribution >= 0.6 is 15.9 Å². The molecule has 0 radical (unpaired) electrons. The minimum absolute atomic E-state index is 0.219. The lowest BCUT2D eigenvalue weighted by atomic mass is 9.94. The van der Waals surface area contributed by atoms with Crippen LogP contribution in [0.3, 0.4) is 0 Å². The van der Waals surface area contributed by atoms with Crippen LogP contribution in [-0.2, 0) is 9.59 Å². The van der Waals surface area contributed by atoms with Gasteiger partial charge in [-0.15, -0.1) is 0 Å². The number of nitrogens with zero attached hydrogens (tertiary/aromatic N) is 1.